The second kappa shape index (κ2) is 3.38. The standard InChI is InChI=1S/C10H14N4/c1-3-7(11)10-13-9-8(14(10)2)5-4-6-12-9/h4-7H,3,11H2,1-2H3. The van der Waals surface area contributed by atoms with E-state index in [1.807, 2.05) is 23.7 Å². The first-order chi connectivity index (χ1) is 6.74. The Labute approximate surface area is 82.8 Å². The molecule has 0 aromatic carbocycles. The molecule has 4 heteroatoms. The van der Waals surface area contributed by atoms with Crippen molar-refractivity contribution < 1.29 is 0 Å². The summed E-state index contributed by atoms with van der Waals surface area (Å²) in [7, 11) is 1.97. The fourth-order valence-corrected chi connectivity index (χ4v) is 1.56. The fraction of sp³-hybridized carbons (Fsp3) is 0.400. The number of pyridine rings is 1. The Kier molecular flexibility index (Phi) is 2.21. The van der Waals surface area contributed by atoms with Gasteiger partial charge in [-0.3, -0.25) is 0 Å². The molecule has 0 aliphatic rings. The first-order valence-corrected chi connectivity index (χ1v) is 4.77. The first kappa shape index (κ1) is 9.15. The zero-order chi connectivity index (χ0) is 10.1. The summed E-state index contributed by atoms with van der Waals surface area (Å²) in [5.41, 5.74) is 7.75. The second-order valence-electron chi connectivity index (χ2n) is 3.39. The molecule has 14 heavy (non-hydrogen) atoms. The Morgan fingerprint density at radius 2 is 2.36 bits per heavy atom. The second-order valence-corrected chi connectivity index (χ2v) is 3.39. The van der Waals surface area contributed by atoms with Crippen LogP contribution in [-0.2, 0) is 7.05 Å². The zero-order valence-corrected chi connectivity index (χ0v) is 8.44. The first-order valence-electron chi connectivity index (χ1n) is 4.77. The lowest BCUT2D eigenvalue weighted by molar-refractivity contribution is 0.623. The van der Waals surface area contributed by atoms with Crippen molar-refractivity contribution in [2.45, 2.75) is 19.4 Å². The van der Waals surface area contributed by atoms with E-state index in [9.17, 15) is 0 Å². The van der Waals surface area contributed by atoms with Gasteiger partial charge in [0.25, 0.3) is 0 Å². The number of nitrogens with two attached hydrogens (primary N) is 1. The van der Waals surface area contributed by atoms with Gasteiger partial charge in [0, 0.05) is 13.2 Å². The Bertz CT molecular complexity index is 446. The Balaban J connectivity index is 2.62. The maximum Gasteiger partial charge on any atom is 0.177 e. The molecule has 74 valence electrons. The highest BCUT2D eigenvalue weighted by molar-refractivity contribution is 5.71. The molecule has 1 atom stereocenters. The van der Waals surface area contributed by atoms with E-state index < -0.39 is 0 Å². The molecular formula is C10H14N4. The van der Waals surface area contributed by atoms with E-state index in [1.54, 1.807) is 6.20 Å². The maximum atomic E-state index is 5.95. The van der Waals surface area contributed by atoms with Gasteiger partial charge in [0.15, 0.2) is 5.65 Å². The fourth-order valence-electron chi connectivity index (χ4n) is 1.56. The molecular weight excluding hydrogens is 176 g/mol. The predicted octanol–water partition coefficient (Wildman–Crippen LogP) is 1.38. The molecule has 0 bridgehead atoms. The van der Waals surface area contributed by atoms with Gasteiger partial charge in [-0.05, 0) is 18.6 Å². The van der Waals surface area contributed by atoms with Crippen molar-refractivity contribution in [1.82, 2.24) is 14.5 Å². The van der Waals surface area contributed by atoms with E-state index in [0.717, 1.165) is 23.4 Å². The highest BCUT2D eigenvalue weighted by Crippen LogP contribution is 2.17. The smallest absolute Gasteiger partial charge is 0.177 e. The number of nitrogens with zero attached hydrogens (tertiary/aromatic N) is 3. The van der Waals surface area contributed by atoms with Gasteiger partial charge in [-0.2, -0.15) is 0 Å². The van der Waals surface area contributed by atoms with E-state index in [0.29, 0.717) is 0 Å². The summed E-state index contributed by atoms with van der Waals surface area (Å²) in [6.07, 6.45) is 2.63. The van der Waals surface area contributed by atoms with Crippen molar-refractivity contribution in [3.8, 4) is 0 Å². The van der Waals surface area contributed by atoms with Crippen LogP contribution in [0.1, 0.15) is 25.2 Å². The van der Waals surface area contributed by atoms with Crippen molar-refractivity contribution >= 4 is 11.2 Å². The van der Waals surface area contributed by atoms with Crippen LogP contribution in [-0.4, -0.2) is 14.5 Å². The lowest BCUT2D eigenvalue weighted by Crippen LogP contribution is -2.14. The Morgan fingerprint density at radius 3 is 3.00 bits per heavy atom. The summed E-state index contributed by atoms with van der Waals surface area (Å²) in [5.74, 6) is 0.904. The van der Waals surface area contributed by atoms with E-state index >= 15 is 0 Å². The van der Waals surface area contributed by atoms with E-state index in [-0.39, 0.29) is 6.04 Å². The largest absolute Gasteiger partial charge is 0.328 e. The van der Waals surface area contributed by atoms with Crippen molar-refractivity contribution in [2.75, 3.05) is 0 Å². The van der Waals surface area contributed by atoms with Crippen molar-refractivity contribution in [1.29, 1.82) is 0 Å². The van der Waals surface area contributed by atoms with Crippen LogP contribution in [0.2, 0.25) is 0 Å². The molecule has 2 rings (SSSR count). The summed E-state index contributed by atoms with van der Waals surface area (Å²) in [4.78, 5) is 8.60. The molecule has 0 spiro atoms. The highest BCUT2D eigenvalue weighted by Gasteiger charge is 2.12. The van der Waals surface area contributed by atoms with Gasteiger partial charge in [0.05, 0.1) is 11.6 Å². The monoisotopic (exact) mass is 190 g/mol. The van der Waals surface area contributed by atoms with Gasteiger partial charge in [0.2, 0.25) is 0 Å². The lowest BCUT2D eigenvalue weighted by Gasteiger charge is -2.07. The number of fused-ring (bicyclic) bond motifs is 1. The molecule has 2 heterocycles. The maximum absolute atomic E-state index is 5.95. The summed E-state index contributed by atoms with van der Waals surface area (Å²) in [6.45, 7) is 2.05. The zero-order valence-electron chi connectivity index (χ0n) is 8.44. The van der Waals surface area contributed by atoms with Crippen LogP contribution in [0.4, 0.5) is 0 Å². The molecule has 0 radical (unpaired) electrons. The van der Waals surface area contributed by atoms with Crippen molar-refractivity contribution in [2.24, 2.45) is 12.8 Å². The van der Waals surface area contributed by atoms with Gasteiger partial charge < -0.3 is 10.3 Å². The summed E-state index contributed by atoms with van der Waals surface area (Å²) in [6, 6.07) is 3.90. The van der Waals surface area contributed by atoms with Gasteiger partial charge >= 0.3 is 0 Å². The molecule has 0 fully saturated rings. The molecule has 0 amide bonds. The van der Waals surface area contributed by atoms with Crippen LogP contribution in [0.25, 0.3) is 11.2 Å². The minimum absolute atomic E-state index is 0.00537. The number of rotatable bonds is 2. The van der Waals surface area contributed by atoms with Crippen molar-refractivity contribution in [3.63, 3.8) is 0 Å². The number of hydrogen-bond donors (Lipinski definition) is 1. The number of imidazole rings is 1. The van der Waals surface area contributed by atoms with E-state index in [1.165, 1.54) is 0 Å². The van der Waals surface area contributed by atoms with Crippen LogP contribution < -0.4 is 5.73 Å². The van der Waals surface area contributed by atoms with E-state index in [4.69, 9.17) is 5.73 Å². The molecule has 4 nitrogen and oxygen atoms in total. The molecule has 0 aliphatic carbocycles. The quantitative estimate of drug-likeness (QED) is 0.778. The average molecular weight is 190 g/mol. The third-order valence-electron chi connectivity index (χ3n) is 2.46. The molecule has 1 unspecified atom stereocenters. The topological polar surface area (TPSA) is 56.7 Å². The average Bonchev–Trinajstić information content (AvgIpc) is 2.56. The van der Waals surface area contributed by atoms with Crippen LogP contribution in [0.3, 0.4) is 0 Å². The predicted molar refractivity (Wildman–Crippen MR) is 55.7 cm³/mol. The van der Waals surface area contributed by atoms with Gasteiger partial charge in [-0.1, -0.05) is 6.92 Å². The van der Waals surface area contributed by atoms with Gasteiger partial charge in [0.1, 0.15) is 5.82 Å². The van der Waals surface area contributed by atoms with Crippen LogP contribution in [0.15, 0.2) is 18.3 Å². The third-order valence-corrected chi connectivity index (χ3v) is 2.46. The molecule has 0 saturated heterocycles. The Hall–Kier alpha value is -1.42. The molecule has 0 aliphatic heterocycles. The molecule has 2 aromatic rings. The van der Waals surface area contributed by atoms with Crippen LogP contribution in [0, 0.1) is 0 Å². The van der Waals surface area contributed by atoms with Crippen LogP contribution >= 0.6 is 0 Å². The van der Waals surface area contributed by atoms with Crippen LogP contribution in [0.5, 0.6) is 0 Å². The molecule has 2 N–H and O–H groups in total. The SMILES string of the molecule is CCC(N)c1nc2ncccc2n1C. The Morgan fingerprint density at radius 1 is 1.57 bits per heavy atom. The normalized spacial score (nSPS) is 13.4. The lowest BCUT2D eigenvalue weighted by atomic mass is 10.2. The number of aryl methyl sites for hydroxylation is 1. The summed E-state index contributed by atoms with van der Waals surface area (Å²) >= 11 is 0. The number of aromatic nitrogens is 3. The third kappa shape index (κ3) is 1.28. The summed E-state index contributed by atoms with van der Waals surface area (Å²) in [5, 5.41) is 0. The van der Waals surface area contributed by atoms with Gasteiger partial charge in [-0.15, -0.1) is 0 Å². The van der Waals surface area contributed by atoms with E-state index in [2.05, 4.69) is 16.9 Å². The minimum atomic E-state index is -0.00537. The number of hydrogen-bond acceptors (Lipinski definition) is 3. The minimum Gasteiger partial charge on any atom is -0.328 e. The summed E-state index contributed by atoms with van der Waals surface area (Å²) < 4.78 is 2.01. The van der Waals surface area contributed by atoms with Gasteiger partial charge in [-0.25, -0.2) is 9.97 Å². The molecule has 2 aromatic heterocycles. The highest BCUT2D eigenvalue weighted by atomic mass is 15.1. The molecule has 0 saturated carbocycles. The van der Waals surface area contributed by atoms with Crippen molar-refractivity contribution in [3.05, 3.63) is 24.2 Å².